The summed E-state index contributed by atoms with van der Waals surface area (Å²) in [7, 11) is 6.10. The molecule has 0 saturated heterocycles. The molecule has 1 aromatic heterocycles. The lowest BCUT2D eigenvalue weighted by atomic mass is 10.1. The number of nitrogens with zero attached hydrogens (tertiary/aromatic N) is 3. The zero-order valence-electron chi connectivity index (χ0n) is 12.1. The van der Waals surface area contributed by atoms with Crippen molar-refractivity contribution in [1.82, 2.24) is 14.7 Å². The molecule has 1 aromatic carbocycles. The van der Waals surface area contributed by atoms with E-state index in [2.05, 4.69) is 60.6 Å². The summed E-state index contributed by atoms with van der Waals surface area (Å²) in [6, 6.07) is 8.85. The van der Waals surface area contributed by atoms with Gasteiger partial charge >= 0.3 is 0 Å². The van der Waals surface area contributed by atoms with Gasteiger partial charge in [0.1, 0.15) is 0 Å². The van der Waals surface area contributed by atoms with Gasteiger partial charge in [-0.05, 0) is 38.7 Å². The van der Waals surface area contributed by atoms with Crippen LogP contribution in [0, 0.1) is 0 Å². The Balaban J connectivity index is 1.99. The molecule has 1 unspecified atom stereocenters. The average Bonchev–Trinajstić information content (AvgIpc) is 2.78. The van der Waals surface area contributed by atoms with Crippen molar-refractivity contribution < 1.29 is 0 Å². The van der Waals surface area contributed by atoms with Crippen LogP contribution in [-0.4, -0.2) is 28.8 Å². The van der Waals surface area contributed by atoms with Crippen molar-refractivity contribution in [1.29, 1.82) is 0 Å². The molecule has 0 spiro atoms. The zero-order valence-corrected chi connectivity index (χ0v) is 12.1. The van der Waals surface area contributed by atoms with Crippen molar-refractivity contribution in [2.45, 2.75) is 19.5 Å². The molecule has 0 aliphatic heterocycles. The van der Waals surface area contributed by atoms with Gasteiger partial charge in [0.05, 0.1) is 12.2 Å². The Morgan fingerprint density at radius 1 is 1.26 bits per heavy atom. The first-order valence-electron chi connectivity index (χ1n) is 6.53. The van der Waals surface area contributed by atoms with Crippen LogP contribution in [0.2, 0.25) is 0 Å². The van der Waals surface area contributed by atoms with Crippen molar-refractivity contribution in [3.8, 4) is 0 Å². The van der Waals surface area contributed by atoms with Crippen LogP contribution in [0.1, 0.15) is 24.1 Å². The third kappa shape index (κ3) is 3.83. The van der Waals surface area contributed by atoms with Gasteiger partial charge in [0.25, 0.3) is 0 Å². The molecule has 102 valence electrons. The second-order valence-corrected chi connectivity index (χ2v) is 5.25. The SMILES string of the molecule is CC(Nc1ccc(CN(C)C)cc1)c1cnn(C)c1. The van der Waals surface area contributed by atoms with Crippen LogP contribution >= 0.6 is 0 Å². The monoisotopic (exact) mass is 258 g/mol. The van der Waals surface area contributed by atoms with Crippen LogP contribution in [-0.2, 0) is 13.6 Å². The number of nitrogens with one attached hydrogen (secondary N) is 1. The molecule has 4 heteroatoms. The van der Waals surface area contributed by atoms with E-state index >= 15 is 0 Å². The minimum absolute atomic E-state index is 0.258. The molecule has 1 heterocycles. The molecule has 0 saturated carbocycles. The van der Waals surface area contributed by atoms with Crippen LogP contribution in [0.15, 0.2) is 36.7 Å². The molecule has 1 N–H and O–H groups in total. The highest BCUT2D eigenvalue weighted by molar-refractivity contribution is 5.46. The minimum atomic E-state index is 0.258. The smallest absolute Gasteiger partial charge is 0.0542 e. The Hall–Kier alpha value is -1.81. The van der Waals surface area contributed by atoms with E-state index in [1.54, 1.807) is 0 Å². The highest BCUT2D eigenvalue weighted by Gasteiger charge is 2.07. The molecular formula is C15H22N4. The fourth-order valence-electron chi connectivity index (χ4n) is 2.07. The summed E-state index contributed by atoms with van der Waals surface area (Å²) in [5, 5.41) is 7.68. The van der Waals surface area contributed by atoms with Gasteiger partial charge in [-0.25, -0.2) is 0 Å². The van der Waals surface area contributed by atoms with Crippen LogP contribution in [0.5, 0.6) is 0 Å². The van der Waals surface area contributed by atoms with Gasteiger partial charge in [0.15, 0.2) is 0 Å². The van der Waals surface area contributed by atoms with Gasteiger partial charge in [0.2, 0.25) is 0 Å². The van der Waals surface area contributed by atoms with Gasteiger partial charge in [-0.3, -0.25) is 4.68 Å². The van der Waals surface area contributed by atoms with Crippen LogP contribution in [0.4, 0.5) is 5.69 Å². The number of aromatic nitrogens is 2. The number of rotatable bonds is 5. The lowest BCUT2D eigenvalue weighted by molar-refractivity contribution is 0.402. The fourth-order valence-corrected chi connectivity index (χ4v) is 2.07. The maximum Gasteiger partial charge on any atom is 0.0542 e. The number of hydrogen-bond donors (Lipinski definition) is 1. The summed E-state index contributed by atoms with van der Waals surface area (Å²) in [4.78, 5) is 2.17. The Morgan fingerprint density at radius 3 is 2.47 bits per heavy atom. The van der Waals surface area contributed by atoms with Gasteiger partial charge in [-0.15, -0.1) is 0 Å². The lowest BCUT2D eigenvalue weighted by Gasteiger charge is -2.15. The summed E-state index contributed by atoms with van der Waals surface area (Å²) in [5.41, 5.74) is 3.66. The first kappa shape index (κ1) is 13.6. The molecule has 0 bridgehead atoms. The first-order valence-corrected chi connectivity index (χ1v) is 6.53. The molecule has 0 fully saturated rings. The largest absolute Gasteiger partial charge is 0.378 e. The van der Waals surface area contributed by atoms with E-state index in [1.807, 2.05) is 24.1 Å². The number of benzene rings is 1. The molecule has 2 rings (SSSR count). The summed E-state index contributed by atoms with van der Waals surface area (Å²) in [6.07, 6.45) is 3.94. The summed E-state index contributed by atoms with van der Waals surface area (Å²) in [6.45, 7) is 3.11. The van der Waals surface area contributed by atoms with Crippen LogP contribution < -0.4 is 5.32 Å². The summed E-state index contributed by atoms with van der Waals surface area (Å²) in [5.74, 6) is 0. The van der Waals surface area contributed by atoms with Crippen LogP contribution in [0.3, 0.4) is 0 Å². The maximum atomic E-state index is 4.20. The highest BCUT2D eigenvalue weighted by Crippen LogP contribution is 2.19. The summed E-state index contributed by atoms with van der Waals surface area (Å²) >= 11 is 0. The molecule has 0 radical (unpaired) electrons. The molecule has 0 aliphatic rings. The zero-order chi connectivity index (χ0) is 13.8. The second-order valence-electron chi connectivity index (χ2n) is 5.25. The Bertz CT molecular complexity index is 513. The van der Waals surface area contributed by atoms with E-state index in [0.717, 1.165) is 12.2 Å². The van der Waals surface area contributed by atoms with E-state index < -0.39 is 0 Å². The Labute approximate surface area is 115 Å². The van der Waals surface area contributed by atoms with Crippen molar-refractivity contribution >= 4 is 5.69 Å². The number of anilines is 1. The third-order valence-corrected chi connectivity index (χ3v) is 3.06. The van der Waals surface area contributed by atoms with E-state index in [-0.39, 0.29) is 6.04 Å². The standard InChI is InChI=1S/C15H22N4/c1-12(14-9-16-19(4)11-14)17-15-7-5-13(6-8-15)10-18(2)3/h5-9,11-12,17H,10H2,1-4H3. The predicted molar refractivity (Wildman–Crippen MR) is 79.1 cm³/mol. The maximum absolute atomic E-state index is 4.20. The van der Waals surface area contributed by atoms with Crippen molar-refractivity contribution in [3.05, 3.63) is 47.8 Å². The number of hydrogen-bond acceptors (Lipinski definition) is 3. The summed E-state index contributed by atoms with van der Waals surface area (Å²) < 4.78 is 1.83. The topological polar surface area (TPSA) is 33.1 Å². The average molecular weight is 258 g/mol. The Morgan fingerprint density at radius 2 is 1.95 bits per heavy atom. The van der Waals surface area contributed by atoms with E-state index in [4.69, 9.17) is 0 Å². The van der Waals surface area contributed by atoms with E-state index in [0.29, 0.717) is 0 Å². The molecule has 19 heavy (non-hydrogen) atoms. The predicted octanol–water partition coefficient (Wildman–Crippen LogP) is 2.65. The molecule has 1 atom stereocenters. The normalized spacial score (nSPS) is 12.7. The fraction of sp³-hybridized carbons (Fsp3) is 0.400. The van der Waals surface area contributed by atoms with E-state index in [1.165, 1.54) is 11.1 Å². The van der Waals surface area contributed by atoms with Crippen molar-refractivity contribution in [3.63, 3.8) is 0 Å². The van der Waals surface area contributed by atoms with Gasteiger partial charge < -0.3 is 10.2 Å². The van der Waals surface area contributed by atoms with E-state index in [9.17, 15) is 0 Å². The molecule has 0 amide bonds. The minimum Gasteiger partial charge on any atom is -0.378 e. The first-order chi connectivity index (χ1) is 9.04. The second kappa shape index (κ2) is 5.89. The Kier molecular flexibility index (Phi) is 4.22. The van der Waals surface area contributed by atoms with Crippen molar-refractivity contribution in [2.24, 2.45) is 7.05 Å². The van der Waals surface area contributed by atoms with Gasteiger partial charge in [0, 0.05) is 31.0 Å². The molecule has 2 aromatic rings. The van der Waals surface area contributed by atoms with Crippen molar-refractivity contribution in [2.75, 3.05) is 19.4 Å². The quantitative estimate of drug-likeness (QED) is 0.895. The van der Waals surface area contributed by atoms with Gasteiger partial charge in [-0.2, -0.15) is 5.10 Å². The lowest BCUT2D eigenvalue weighted by Crippen LogP contribution is -2.10. The number of aryl methyl sites for hydroxylation is 1. The molecule has 0 aliphatic carbocycles. The third-order valence-electron chi connectivity index (χ3n) is 3.06. The van der Waals surface area contributed by atoms with Gasteiger partial charge in [-0.1, -0.05) is 12.1 Å². The highest BCUT2D eigenvalue weighted by atomic mass is 15.2. The van der Waals surface area contributed by atoms with Crippen LogP contribution in [0.25, 0.3) is 0 Å². The molecular weight excluding hydrogens is 236 g/mol. The molecule has 4 nitrogen and oxygen atoms in total.